The molecule has 0 spiro atoms. The number of hydrogen-bond acceptors (Lipinski definition) is 4. The zero-order chi connectivity index (χ0) is 19.5. The highest BCUT2D eigenvalue weighted by Gasteiger charge is 2.18. The number of aryl methyl sites for hydroxylation is 1. The third-order valence-corrected chi connectivity index (χ3v) is 5.53. The van der Waals surface area contributed by atoms with Crippen LogP contribution < -0.4 is 0 Å². The fourth-order valence-electron chi connectivity index (χ4n) is 3.10. The summed E-state index contributed by atoms with van der Waals surface area (Å²) in [4.78, 5) is 15.8. The van der Waals surface area contributed by atoms with Gasteiger partial charge in [-0.25, -0.2) is 0 Å². The van der Waals surface area contributed by atoms with E-state index in [1.807, 2.05) is 66.2 Å². The molecule has 0 unspecified atom stereocenters. The van der Waals surface area contributed by atoms with E-state index >= 15 is 0 Å². The second-order valence-electron chi connectivity index (χ2n) is 6.53. The molecule has 0 aliphatic rings. The van der Waals surface area contributed by atoms with Gasteiger partial charge in [0.05, 0.1) is 5.75 Å². The van der Waals surface area contributed by atoms with Gasteiger partial charge < -0.3 is 4.98 Å². The van der Waals surface area contributed by atoms with Crippen molar-refractivity contribution in [1.82, 2.24) is 19.7 Å². The number of ketones is 1. The van der Waals surface area contributed by atoms with Crippen molar-refractivity contribution < 1.29 is 4.79 Å². The quantitative estimate of drug-likeness (QED) is 0.278. The summed E-state index contributed by atoms with van der Waals surface area (Å²) >= 11 is 1.40. The van der Waals surface area contributed by atoms with Crippen LogP contribution >= 0.6 is 11.8 Å². The third kappa shape index (κ3) is 3.51. The van der Waals surface area contributed by atoms with Crippen molar-refractivity contribution in [3.05, 3.63) is 78.5 Å². The highest BCUT2D eigenvalue weighted by molar-refractivity contribution is 7.99. The van der Waals surface area contributed by atoms with Gasteiger partial charge in [-0.3, -0.25) is 9.36 Å². The van der Waals surface area contributed by atoms with Gasteiger partial charge in [-0.15, -0.1) is 16.8 Å². The predicted octanol–water partition coefficient (Wildman–Crippen LogP) is 4.90. The van der Waals surface area contributed by atoms with E-state index in [2.05, 4.69) is 27.8 Å². The lowest BCUT2D eigenvalue weighted by molar-refractivity contribution is 0.102. The number of aromatic nitrogens is 4. The molecule has 0 saturated heterocycles. The maximum Gasteiger partial charge on any atom is 0.192 e. The van der Waals surface area contributed by atoms with Crippen molar-refractivity contribution in [2.75, 3.05) is 5.75 Å². The summed E-state index contributed by atoms with van der Waals surface area (Å²) in [6, 6.07) is 15.7. The maximum atomic E-state index is 12.5. The minimum Gasteiger partial charge on any atom is -0.360 e. The number of fused-ring (bicyclic) bond motifs is 1. The maximum absolute atomic E-state index is 12.5. The smallest absolute Gasteiger partial charge is 0.192 e. The number of hydrogen-bond donors (Lipinski definition) is 1. The summed E-state index contributed by atoms with van der Waals surface area (Å²) in [6.07, 6.45) is 3.76. The summed E-state index contributed by atoms with van der Waals surface area (Å²) in [5, 5.41) is 10.5. The largest absolute Gasteiger partial charge is 0.360 e. The Labute approximate surface area is 167 Å². The van der Waals surface area contributed by atoms with E-state index in [4.69, 9.17) is 0 Å². The van der Waals surface area contributed by atoms with Crippen LogP contribution in [0.3, 0.4) is 0 Å². The topological polar surface area (TPSA) is 63.6 Å². The van der Waals surface area contributed by atoms with Crippen LogP contribution in [0.15, 0.2) is 72.5 Å². The number of nitrogens with zero attached hydrogens (tertiary/aromatic N) is 3. The molecule has 2 aromatic heterocycles. The monoisotopic (exact) mass is 388 g/mol. The van der Waals surface area contributed by atoms with Crippen molar-refractivity contribution in [2.24, 2.45) is 0 Å². The standard InChI is InChI=1S/C22H20N4OS/c1-3-12-26-21(18-13-23-19-7-5-4-6-17(18)19)24-25-22(26)28-14-20(27)16-10-8-15(2)9-11-16/h3-11,13,23H,1,12,14H2,2H3. The van der Waals surface area contributed by atoms with E-state index in [0.717, 1.165) is 27.9 Å². The molecule has 0 atom stereocenters. The van der Waals surface area contributed by atoms with Crippen molar-refractivity contribution in [2.45, 2.75) is 18.6 Å². The van der Waals surface area contributed by atoms with E-state index in [-0.39, 0.29) is 5.78 Å². The Morgan fingerprint density at radius 1 is 1.18 bits per heavy atom. The van der Waals surface area contributed by atoms with Crippen LogP contribution in [-0.4, -0.2) is 31.3 Å². The molecule has 0 amide bonds. The third-order valence-electron chi connectivity index (χ3n) is 4.56. The van der Waals surface area contributed by atoms with Crippen LogP contribution in [0.2, 0.25) is 0 Å². The lowest BCUT2D eigenvalue weighted by atomic mass is 10.1. The number of benzene rings is 2. The van der Waals surface area contributed by atoms with Crippen molar-refractivity contribution in [3.63, 3.8) is 0 Å². The van der Waals surface area contributed by atoms with Gasteiger partial charge in [-0.1, -0.05) is 65.9 Å². The minimum atomic E-state index is 0.0757. The summed E-state index contributed by atoms with van der Waals surface area (Å²) in [5.74, 6) is 1.15. The summed E-state index contributed by atoms with van der Waals surface area (Å²) in [5.41, 5.74) is 3.89. The van der Waals surface area contributed by atoms with Crippen LogP contribution in [0.4, 0.5) is 0 Å². The predicted molar refractivity (Wildman–Crippen MR) is 114 cm³/mol. The number of aromatic amines is 1. The van der Waals surface area contributed by atoms with Crippen molar-refractivity contribution >= 4 is 28.4 Å². The molecule has 28 heavy (non-hydrogen) atoms. The molecule has 4 aromatic rings. The van der Waals surface area contributed by atoms with E-state index in [1.165, 1.54) is 11.8 Å². The van der Waals surface area contributed by atoms with Crippen LogP contribution in [0.5, 0.6) is 0 Å². The fraction of sp³-hybridized carbons (Fsp3) is 0.136. The van der Waals surface area contributed by atoms with Gasteiger partial charge in [0.15, 0.2) is 16.8 Å². The molecule has 1 N–H and O–H groups in total. The van der Waals surface area contributed by atoms with Gasteiger partial charge in [-0.2, -0.15) is 0 Å². The van der Waals surface area contributed by atoms with Crippen LogP contribution in [-0.2, 0) is 6.54 Å². The first-order valence-electron chi connectivity index (χ1n) is 9.00. The molecule has 0 fully saturated rings. The highest BCUT2D eigenvalue weighted by atomic mass is 32.2. The first-order chi connectivity index (χ1) is 13.7. The highest BCUT2D eigenvalue weighted by Crippen LogP contribution is 2.30. The van der Waals surface area contributed by atoms with Crippen LogP contribution in [0, 0.1) is 6.92 Å². The van der Waals surface area contributed by atoms with Crippen LogP contribution in [0.1, 0.15) is 15.9 Å². The molecule has 0 aliphatic heterocycles. The molecular weight excluding hydrogens is 368 g/mol. The molecular formula is C22H20N4OS. The lowest BCUT2D eigenvalue weighted by Gasteiger charge is -2.07. The van der Waals surface area contributed by atoms with Crippen molar-refractivity contribution in [3.8, 4) is 11.4 Å². The van der Waals surface area contributed by atoms with E-state index in [0.29, 0.717) is 23.0 Å². The Hall–Kier alpha value is -3.12. The number of thioether (sulfide) groups is 1. The van der Waals surface area contributed by atoms with Crippen molar-refractivity contribution in [1.29, 1.82) is 0 Å². The molecule has 0 aliphatic carbocycles. The fourth-order valence-corrected chi connectivity index (χ4v) is 3.94. The number of allylic oxidation sites excluding steroid dienone is 1. The first-order valence-corrected chi connectivity index (χ1v) is 9.99. The number of carbonyl (C=O) groups excluding carboxylic acids is 1. The second-order valence-corrected chi connectivity index (χ2v) is 7.47. The SMILES string of the molecule is C=CCn1c(SCC(=O)c2ccc(C)cc2)nnc1-c1c[nH]c2ccccc12. The molecule has 4 rings (SSSR count). The van der Waals surface area contributed by atoms with Gasteiger partial charge in [-0.05, 0) is 13.0 Å². The van der Waals surface area contributed by atoms with Gasteiger partial charge in [0, 0.05) is 34.8 Å². The molecule has 0 radical (unpaired) electrons. The molecule has 6 heteroatoms. The number of rotatable bonds is 7. The Morgan fingerprint density at radius 3 is 2.75 bits per heavy atom. The minimum absolute atomic E-state index is 0.0757. The van der Waals surface area contributed by atoms with Gasteiger partial charge in [0.1, 0.15) is 0 Å². The number of para-hydroxylation sites is 1. The normalized spacial score (nSPS) is 11.0. The zero-order valence-corrected chi connectivity index (χ0v) is 16.4. The number of carbonyl (C=O) groups is 1. The summed E-state index contributed by atoms with van der Waals surface area (Å²) in [6.45, 7) is 6.43. The summed E-state index contributed by atoms with van der Waals surface area (Å²) in [7, 11) is 0. The Bertz CT molecular complexity index is 1140. The average Bonchev–Trinajstić information content (AvgIpc) is 3.31. The lowest BCUT2D eigenvalue weighted by Crippen LogP contribution is -2.05. The molecule has 0 bridgehead atoms. The Kier molecular flexibility index (Phi) is 5.12. The van der Waals surface area contributed by atoms with Gasteiger partial charge >= 0.3 is 0 Å². The Balaban J connectivity index is 1.61. The first kappa shape index (κ1) is 18.3. The van der Waals surface area contributed by atoms with E-state index in [9.17, 15) is 4.79 Å². The molecule has 2 aromatic carbocycles. The van der Waals surface area contributed by atoms with E-state index < -0.39 is 0 Å². The molecule has 140 valence electrons. The van der Waals surface area contributed by atoms with Gasteiger partial charge in [0.2, 0.25) is 0 Å². The number of H-pyrrole nitrogens is 1. The second kappa shape index (κ2) is 7.86. The zero-order valence-electron chi connectivity index (χ0n) is 15.6. The summed E-state index contributed by atoms with van der Waals surface area (Å²) < 4.78 is 2.00. The van der Waals surface area contributed by atoms with E-state index in [1.54, 1.807) is 0 Å². The Morgan fingerprint density at radius 2 is 1.96 bits per heavy atom. The molecule has 2 heterocycles. The number of Topliss-reactive ketones (excluding diaryl/α,β-unsaturated/α-hetero) is 1. The molecule has 5 nitrogen and oxygen atoms in total. The average molecular weight is 388 g/mol. The van der Waals surface area contributed by atoms with Crippen LogP contribution in [0.25, 0.3) is 22.3 Å². The number of nitrogens with one attached hydrogen (secondary N) is 1. The van der Waals surface area contributed by atoms with Gasteiger partial charge in [0.25, 0.3) is 0 Å². The molecule has 0 saturated carbocycles.